The fourth-order valence-corrected chi connectivity index (χ4v) is 2.41. The van der Waals surface area contributed by atoms with Crippen molar-refractivity contribution < 1.29 is 24.3 Å². The van der Waals surface area contributed by atoms with Gasteiger partial charge in [-0.1, -0.05) is 0 Å². The molecule has 0 aromatic heterocycles. The summed E-state index contributed by atoms with van der Waals surface area (Å²) in [6.07, 6.45) is 1.62. The van der Waals surface area contributed by atoms with E-state index in [-0.39, 0.29) is 17.7 Å². The number of carbonyl (C=O) groups is 4. The normalized spacial score (nSPS) is 20.5. The molecule has 1 heterocycles. The minimum atomic E-state index is -1.18. The number of carboxylic acid groups (broad SMARTS) is 1. The molecule has 1 aliphatic heterocycles. The Hall–Kier alpha value is -1.81. The summed E-state index contributed by atoms with van der Waals surface area (Å²) < 4.78 is 0. The van der Waals surface area contributed by atoms with Gasteiger partial charge in [0.15, 0.2) is 0 Å². The maximum atomic E-state index is 12.1. The molecule has 1 rings (SSSR count). The molecule has 3 amide bonds. The first-order valence-electron chi connectivity index (χ1n) is 7.74. The average molecular weight is 360 g/mol. The third kappa shape index (κ3) is 6.00. The van der Waals surface area contributed by atoms with E-state index in [2.05, 4.69) is 33.9 Å². The van der Waals surface area contributed by atoms with Crippen molar-refractivity contribution in [3.63, 3.8) is 0 Å². The number of aliphatic carboxylic acids is 1. The number of carboxylic acids is 1. The van der Waals surface area contributed by atoms with Crippen LogP contribution in [-0.4, -0.2) is 65.3 Å². The zero-order valence-electron chi connectivity index (χ0n) is 13.7. The smallest absolute Gasteiger partial charge is 0.325 e. The molecule has 0 aliphatic carbocycles. The van der Waals surface area contributed by atoms with Gasteiger partial charge in [-0.05, 0) is 33.2 Å². The van der Waals surface area contributed by atoms with Gasteiger partial charge >= 0.3 is 5.97 Å². The van der Waals surface area contributed by atoms with Gasteiger partial charge in [-0.25, -0.2) is 0 Å². The lowest BCUT2D eigenvalue weighted by atomic mass is 10.2. The number of hydrogen-bond acceptors (Lipinski definition) is 6. The van der Waals surface area contributed by atoms with Gasteiger partial charge in [0.05, 0.1) is 6.04 Å². The molecule has 1 saturated heterocycles. The Bertz CT molecular complexity index is 496. The number of hydrogen-bond donors (Lipinski definition) is 6. The Labute approximate surface area is 145 Å². The van der Waals surface area contributed by atoms with Crippen molar-refractivity contribution in [2.24, 2.45) is 0 Å². The van der Waals surface area contributed by atoms with Gasteiger partial charge in [-0.3, -0.25) is 19.2 Å². The second-order valence-corrected chi connectivity index (χ2v) is 6.06. The minimum absolute atomic E-state index is 0.00520. The van der Waals surface area contributed by atoms with Gasteiger partial charge in [0.25, 0.3) is 0 Å². The van der Waals surface area contributed by atoms with Crippen molar-refractivity contribution in [3.8, 4) is 0 Å². The highest BCUT2D eigenvalue weighted by Gasteiger charge is 2.28. The largest absolute Gasteiger partial charge is 0.480 e. The van der Waals surface area contributed by atoms with Crippen molar-refractivity contribution in [3.05, 3.63) is 0 Å². The molecule has 5 N–H and O–H groups in total. The van der Waals surface area contributed by atoms with Crippen LogP contribution in [-0.2, 0) is 19.2 Å². The molecule has 136 valence electrons. The van der Waals surface area contributed by atoms with Gasteiger partial charge in [0.1, 0.15) is 18.1 Å². The summed E-state index contributed by atoms with van der Waals surface area (Å²) in [6.45, 7) is 3.59. The summed E-state index contributed by atoms with van der Waals surface area (Å²) >= 11 is 3.99. The maximum absolute atomic E-state index is 12.1. The zero-order valence-corrected chi connectivity index (χ0v) is 14.6. The van der Waals surface area contributed by atoms with Crippen molar-refractivity contribution >= 4 is 36.3 Å². The highest BCUT2D eigenvalue weighted by atomic mass is 32.1. The van der Waals surface area contributed by atoms with Crippen LogP contribution in [0.15, 0.2) is 0 Å². The van der Waals surface area contributed by atoms with Crippen LogP contribution in [0.25, 0.3) is 0 Å². The first-order chi connectivity index (χ1) is 11.3. The Morgan fingerprint density at radius 2 is 1.79 bits per heavy atom. The van der Waals surface area contributed by atoms with Crippen molar-refractivity contribution in [1.29, 1.82) is 0 Å². The summed E-state index contributed by atoms with van der Waals surface area (Å²) in [4.78, 5) is 46.8. The average Bonchev–Trinajstić information content (AvgIpc) is 3.06. The van der Waals surface area contributed by atoms with Crippen LogP contribution in [0.5, 0.6) is 0 Å². The molecular formula is C14H24N4O5S. The van der Waals surface area contributed by atoms with Gasteiger partial charge in [-0.15, -0.1) is 0 Å². The second-order valence-electron chi connectivity index (χ2n) is 5.69. The topological polar surface area (TPSA) is 137 Å². The number of carbonyl (C=O) groups excluding carboxylic acids is 3. The fourth-order valence-electron chi connectivity index (χ4n) is 2.15. The molecule has 0 bridgehead atoms. The lowest BCUT2D eigenvalue weighted by molar-refractivity contribution is -0.141. The second kappa shape index (κ2) is 9.48. The van der Waals surface area contributed by atoms with Crippen LogP contribution in [0.4, 0.5) is 0 Å². The highest BCUT2D eigenvalue weighted by Crippen LogP contribution is 2.05. The van der Waals surface area contributed by atoms with Crippen molar-refractivity contribution in [2.75, 3.05) is 12.3 Å². The molecule has 1 fully saturated rings. The van der Waals surface area contributed by atoms with E-state index in [1.807, 2.05) is 0 Å². The molecule has 4 atom stereocenters. The number of nitrogens with one attached hydrogen (secondary N) is 4. The fraction of sp³-hybridized carbons (Fsp3) is 0.714. The molecule has 9 nitrogen and oxygen atoms in total. The molecule has 0 radical (unpaired) electrons. The van der Waals surface area contributed by atoms with Gasteiger partial charge in [0.2, 0.25) is 17.7 Å². The van der Waals surface area contributed by atoms with Gasteiger partial charge < -0.3 is 26.4 Å². The van der Waals surface area contributed by atoms with E-state index in [0.717, 1.165) is 19.4 Å². The molecule has 0 saturated carbocycles. The van der Waals surface area contributed by atoms with Crippen molar-refractivity contribution in [2.45, 2.75) is 50.9 Å². The number of thiol groups is 1. The van der Waals surface area contributed by atoms with Crippen LogP contribution < -0.4 is 21.3 Å². The Kier molecular flexibility index (Phi) is 7.99. The van der Waals surface area contributed by atoms with Crippen molar-refractivity contribution in [1.82, 2.24) is 21.3 Å². The minimum Gasteiger partial charge on any atom is -0.480 e. The number of amides is 3. The first kappa shape index (κ1) is 20.2. The predicted molar refractivity (Wildman–Crippen MR) is 89.7 cm³/mol. The molecule has 0 spiro atoms. The molecule has 4 unspecified atom stereocenters. The summed E-state index contributed by atoms with van der Waals surface area (Å²) in [5.74, 6) is -2.64. The lowest BCUT2D eigenvalue weighted by Crippen LogP contribution is -2.56. The third-order valence-corrected chi connectivity index (χ3v) is 4.04. The maximum Gasteiger partial charge on any atom is 0.325 e. The standard InChI is InChI=1S/C14H24N4O5S/c1-7(16-12(20)9-4-3-5-15-9)11(19)18-10(6-24)13(21)17-8(2)14(22)23/h7-10,15,24H,3-6H2,1-2H3,(H,16,20)(H,17,21)(H,18,19)(H,22,23). The molecular weight excluding hydrogens is 336 g/mol. The lowest BCUT2D eigenvalue weighted by Gasteiger charge is -2.21. The van der Waals surface area contributed by atoms with Crippen LogP contribution in [0.2, 0.25) is 0 Å². The summed E-state index contributed by atoms with van der Waals surface area (Å²) in [5, 5.41) is 19.1. The van der Waals surface area contributed by atoms with E-state index in [1.54, 1.807) is 0 Å². The van der Waals surface area contributed by atoms with Crippen LogP contribution in [0, 0.1) is 0 Å². The molecule has 0 aromatic rings. The third-order valence-electron chi connectivity index (χ3n) is 3.67. The Morgan fingerprint density at radius 1 is 1.12 bits per heavy atom. The van der Waals surface area contributed by atoms with E-state index in [9.17, 15) is 19.2 Å². The van der Waals surface area contributed by atoms with Gasteiger partial charge in [-0.2, -0.15) is 12.6 Å². The summed E-state index contributed by atoms with van der Waals surface area (Å²) in [7, 11) is 0. The molecule has 0 aromatic carbocycles. The highest BCUT2D eigenvalue weighted by molar-refractivity contribution is 7.80. The van der Waals surface area contributed by atoms with Crippen LogP contribution in [0.1, 0.15) is 26.7 Å². The van der Waals surface area contributed by atoms with E-state index in [4.69, 9.17) is 5.11 Å². The molecule has 24 heavy (non-hydrogen) atoms. The summed E-state index contributed by atoms with van der Waals surface area (Å²) in [6, 6.07) is -3.21. The molecule has 10 heteroatoms. The summed E-state index contributed by atoms with van der Waals surface area (Å²) in [5.41, 5.74) is 0. The van der Waals surface area contributed by atoms with E-state index < -0.39 is 35.9 Å². The van der Waals surface area contributed by atoms with Gasteiger partial charge in [0, 0.05) is 5.75 Å². The van der Waals surface area contributed by atoms with Crippen LogP contribution >= 0.6 is 12.6 Å². The number of rotatable bonds is 8. The predicted octanol–water partition coefficient (Wildman–Crippen LogP) is -1.75. The van der Waals surface area contributed by atoms with E-state index in [1.165, 1.54) is 13.8 Å². The molecule has 1 aliphatic rings. The van der Waals surface area contributed by atoms with Crippen LogP contribution in [0.3, 0.4) is 0 Å². The Morgan fingerprint density at radius 3 is 2.29 bits per heavy atom. The first-order valence-corrected chi connectivity index (χ1v) is 8.37. The van der Waals surface area contributed by atoms with E-state index in [0.29, 0.717) is 0 Å². The van der Waals surface area contributed by atoms with E-state index >= 15 is 0 Å². The monoisotopic (exact) mass is 360 g/mol. The zero-order chi connectivity index (χ0) is 18.3. The Balaban J connectivity index is 2.51. The SMILES string of the molecule is CC(NC(=O)C(CS)NC(=O)C(C)NC(=O)C1CCCN1)C(=O)O. The quantitative estimate of drug-likeness (QED) is 0.284.